The summed E-state index contributed by atoms with van der Waals surface area (Å²) in [4.78, 5) is 22.4. The van der Waals surface area contributed by atoms with Crippen LogP contribution in [-0.2, 0) is 17.8 Å². The first-order valence-electron chi connectivity index (χ1n) is 10.1. The van der Waals surface area contributed by atoms with Gasteiger partial charge < -0.3 is 20.3 Å². The van der Waals surface area contributed by atoms with Gasteiger partial charge in [0.2, 0.25) is 11.8 Å². The van der Waals surface area contributed by atoms with Crippen molar-refractivity contribution in [1.82, 2.24) is 20.5 Å². The van der Waals surface area contributed by atoms with Gasteiger partial charge >= 0.3 is 0 Å². The molecule has 0 radical (unpaired) electrons. The minimum absolute atomic E-state index is 0. The maximum absolute atomic E-state index is 11.9. The Hall–Kier alpha value is -2.36. The molecule has 2 aromatic rings. The lowest BCUT2D eigenvalue weighted by molar-refractivity contribution is -0.127. The zero-order chi connectivity index (χ0) is 22.0. The van der Waals surface area contributed by atoms with E-state index in [4.69, 9.17) is 4.74 Å². The Morgan fingerprint density at radius 1 is 1.06 bits per heavy atom. The fourth-order valence-corrected chi connectivity index (χ4v) is 2.51. The molecule has 0 saturated carbocycles. The lowest BCUT2D eigenvalue weighted by Gasteiger charge is -2.20. The minimum Gasteiger partial charge on any atom is -0.472 e. The number of ether oxygens (including phenoxy) is 1. The van der Waals surface area contributed by atoms with Crippen LogP contribution in [0.15, 0.2) is 53.7 Å². The van der Waals surface area contributed by atoms with E-state index in [2.05, 4.69) is 32.7 Å². The van der Waals surface area contributed by atoms with Gasteiger partial charge in [0.1, 0.15) is 5.60 Å². The number of halogens is 1. The molecule has 0 bridgehead atoms. The van der Waals surface area contributed by atoms with Gasteiger partial charge in [-0.15, -0.1) is 24.0 Å². The van der Waals surface area contributed by atoms with Gasteiger partial charge in [-0.3, -0.25) is 4.79 Å². The highest BCUT2D eigenvalue weighted by atomic mass is 127. The van der Waals surface area contributed by atoms with Crippen LogP contribution in [0, 0.1) is 0 Å². The van der Waals surface area contributed by atoms with E-state index in [0.717, 1.165) is 12.0 Å². The van der Waals surface area contributed by atoms with E-state index >= 15 is 0 Å². The molecule has 0 aliphatic rings. The Morgan fingerprint density at radius 3 is 2.35 bits per heavy atom. The van der Waals surface area contributed by atoms with Gasteiger partial charge in [0.15, 0.2) is 5.96 Å². The van der Waals surface area contributed by atoms with Crippen LogP contribution in [0.25, 0.3) is 0 Å². The third-order valence-electron chi connectivity index (χ3n) is 4.08. The van der Waals surface area contributed by atoms with E-state index in [1.165, 1.54) is 5.56 Å². The predicted molar refractivity (Wildman–Crippen MR) is 136 cm³/mol. The Kier molecular flexibility index (Phi) is 11.3. The molecule has 0 spiro atoms. The first kappa shape index (κ1) is 26.7. The number of aliphatic imine (C=N–C) groups is 1. The number of hydrogen-bond donors (Lipinski definition) is 2. The number of aromatic nitrogens is 1. The van der Waals surface area contributed by atoms with Crippen LogP contribution in [0.1, 0.15) is 31.9 Å². The summed E-state index contributed by atoms with van der Waals surface area (Å²) < 4.78 is 5.75. The summed E-state index contributed by atoms with van der Waals surface area (Å²) in [6, 6.07) is 14.0. The number of hydrogen-bond acceptors (Lipinski definition) is 4. The van der Waals surface area contributed by atoms with Gasteiger partial charge in [0, 0.05) is 32.9 Å². The molecule has 1 amide bonds. The molecule has 1 aromatic heterocycles. The van der Waals surface area contributed by atoms with Crippen molar-refractivity contribution in [3.63, 3.8) is 0 Å². The zero-order valence-corrected chi connectivity index (χ0v) is 21.3. The molecular weight excluding hydrogens is 505 g/mol. The Bertz CT molecular complexity index is 818. The van der Waals surface area contributed by atoms with Crippen molar-refractivity contribution in [2.24, 2.45) is 4.99 Å². The van der Waals surface area contributed by atoms with Gasteiger partial charge in [0.25, 0.3) is 0 Å². The van der Waals surface area contributed by atoms with E-state index in [1.54, 1.807) is 25.2 Å². The zero-order valence-electron chi connectivity index (χ0n) is 19.0. The molecule has 1 heterocycles. The highest BCUT2D eigenvalue weighted by Gasteiger charge is 2.12. The average molecular weight is 539 g/mol. The summed E-state index contributed by atoms with van der Waals surface area (Å²) in [5.41, 5.74) is 1.91. The molecule has 0 aliphatic carbocycles. The molecule has 0 aliphatic heterocycles. The summed E-state index contributed by atoms with van der Waals surface area (Å²) in [6.07, 6.45) is 2.63. The topological polar surface area (TPSA) is 78.9 Å². The van der Waals surface area contributed by atoms with Crippen LogP contribution in [0.4, 0.5) is 0 Å². The molecule has 0 saturated heterocycles. The fraction of sp³-hybridized carbons (Fsp3) is 0.435. The molecule has 0 fully saturated rings. The SMILES string of the molecule is CN(C)C(=O)CNC(=NCc1ccc(OC(C)(C)C)nc1)NCCc1ccccc1.I. The van der Waals surface area contributed by atoms with Crippen LogP contribution in [0.3, 0.4) is 0 Å². The fourth-order valence-electron chi connectivity index (χ4n) is 2.51. The van der Waals surface area contributed by atoms with E-state index < -0.39 is 0 Å². The number of nitrogens with zero attached hydrogens (tertiary/aromatic N) is 3. The number of benzene rings is 1. The molecule has 2 rings (SSSR count). The van der Waals surface area contributed by atoms with Crippen LogP contribution >= 0.6 is 24.0 Å². The number of guanidine groups is 1. The summed E-state index contributed by atoms with van der Waals surface area (Å²) in [7, 11) is 3.47. The lowest BCUT2D eigenvalue weighted by Crippen LogP contribution is -2.43. The number of carbonyl (C=O) groups is 1. The number of amides is 1. The summed E-state index contributed by atoms with van der Waals surface area (Å²) in [6.45, 7) is 7.30. The van der Waals surface area contributed by atoms with Crippen molar-refractivity contribution >= 4 is 35.8 Å². The quantitative estimate of drug-likeness (QED) is 0.306. The normalized spacial score (nSPS) is 11.3. The van der Waals surface area contributed by atoms with Gasteiger partial charge in [0.05, 0.1) is 13.1 Å². The number of likely N-dealkylation sites (N-methyl/N-ethyl adjacent to an activating group) is 1. The Balaban J connectivity index is 0.00000480. The first-order valence-corrected chi connectivity index (χ1v) is 10.1. The number of carbonyl (C=O) groups excluding carboxylic acids is 1. The Labute approximate surface area is 202 Å². The summed E-state index contributed by atoms with van der Waals surface area (Å²) >= 11 is 0. The monoisotopic (exact) mass is 539 g/mol. The molecule has 0 atom stereocenters. The predicted octanol–water partition coefficient (Wildman–Crippen LogP) is 3.24. The van der Waals surface area contributed by atoms with Crippen LogP contribution in [0.5, 0.6) is 5.88 Å². The van der Waals surface area contributed by atoms with E-state index in [1.807, 2.05) is 51.1 Å². The molecule has 7 nitrogen and oxygen atoms in total. The molecule has 8 heteroatoms. The van der Waals surface area contributed by atoms with Crippen LogP contribution in [0.2, 0.25) is 0 Å². The van der Waals surface area contributed by atoms with E-state index in [-0.39, 0.29) is 42.0 Å². The second-order valence-corrected chi connectivity index (χ2v) is 8.19. The third kappa shape index (κ3) is 11.0. The van der Waals surface area contributed by atoms with Crippen LogP contribution in [-0.4, -0.2) is 54.5 Å². The molecule has 170 valence electrons. The second-order valence-electron chi connectivity index (χ2n) is 8.19. The maximum Gasteiger partial charge on any atom is 0.241 e. The highest BCUT2D eigenvalue weighted by Crippen LogP contribution is 2.15. The summed E-state index contributed by atoms with van der Waals surface area (Å²) in [5, 5.41) is 6.40. The highest BCUT2D eigenvalue weighted by molar-refractivity contribution is 14.0. The van der Waals surface area contributed by atoms with Gasteiger partial charge in [-0.05, 0) is 38.3 Å². The smallest absolute Gasteiger partial charge is 0.241 e. The second kappa shape index (κ2) is 13.1. The molecule has 31 heavy (non-hydrogen) atoms. The molecule has 2 N–H and O–H groups in total. The summed E-state index contributed by atoms with van der Waals surface area (Å²) in [5.74, 6) is 1.17. The average Bonchev–Trinajstić information content (AvgIpc) is 2.70. The number of rotatable bonds is 8. The third-order valence-corrected chi connectivity index (χ3v) is 4.08. The Morgan fingerprint density at radius 2 is 1.77 bits per heavy atom. The van der Waals surface area contributed by atoms with Gasteiger partial charge in [-0.25, -0.2) is 9.98 Å². The van der Waals surface area contributed by atoms with Gasteiger partial charge in [-0.1, -0.05) is 36.4 Å². The maximum atomic E-state index is 11.9. The molecule has 1 aromatic carbocycles. The van der Waals surface area contributed by atoms with Crippen molar-refractivity contribution in [2.45, 2.75) is 39.3 Å². The molecule has 0 unspecified atom stereocenters. The van der Waals surface area contributed by atoms with Crippen LogP contribution < -0.4 is 15.4 Å². The number of pyridine rings is 1. The van der Waals surface area contributed by atoms with Crippen molar-refractivity contribution in [1.29, 1.82) is 0 Å². The van der Waals surface area contributed by atoms with Gasteiger partial charge in [-0.2, -0.15) is 0 Å². The lowest BCUT2D eigenvalue weighted by atomic mass is 10.1. The van der Waals surface area contributed by atoms with Crippen molar-refractivity contribution in [3.05, 3.63) is 59.8 Å². The standard InChI is InChI=1S/C23H33N5O2.HI/c1-23(2,3)30-20-12-11-19(15-25-20)16-26-22(27-17-21(29)28(4)5)24-14-13-18-9-7-6-8-10-18;/h6-12,15H,13-14,16-17H2,1-5H3,(H2,24,26,27);1H. The van der Waals surface area contributed by atoms with E-state index in [9.17, 15) is 4.79 Å². The molecular formula is C23H34IN5O2. The number of nitrogens with one attached hydrogen (secondary N) is 2. The van der Waals surface area contributed by atoms with Crippen molar-refractivity contribution in [3.8, 4) is 5.88 Å². The van der Waals surface area contributed by atoms with E-state index in [0.29, 0.717) is 24.9 Å². The van der Waals surface area contributed by atoms with Crippen molar-refractivity contribution < 1.29 is 9.53 Å². The minimum atomic E-state index is -0.286. The largest absolute Gasteiger partial charge is 0.472 e. The van der Waals surface area contributed by atoms with Crippen molar-refractivity contribution in [2.75, 3.05) is 27.2 Å². The first-order chi connectivity index (χ1) is 14.2.